The van der Waals surface area contributed by atoms with Crippen molar-refractivity contribution in [2.45, 2.75) is 6.61 Å². The van der Waals surface area contributed by atoms with Crippen LogP contribution in [0.2, 0.25) is 5.02 Å². The summed E-state index contributed by atoms with van der Waals surface area (Å²) in [5.41, 5.74) is 5.79. The molecule has 0 unspecified atom stereocenters. The van der Waals surface area contributed by atoms with Crippen molar-refractivity contribution in [3.05, 3.63) is 91.8 Å². The number of hydrazone groups is 1. The van der Waals surface area contributed by atoms with Gasteiger partial charge >= 0.3 is 0 Å². The van der Waals surface area contributed by atoms with Crippen LogP contribution in [0.4, 0.5) is 5.69 Å². The number of hydrogen-bond donors (Lipinski definition) is 1. The first-order valence-corrected chi connectivity index (χ1v) is 9.79. The molecule has 3 rings (SSSR count). The molecule has 3 aromatic carbocycles. The molecule has 0 bridgehead atoms. The second-order valence-electron chi connectivity index (χ2n) is 5.43. The predicted octanol–water partition coefficient (Wildman–Crippen LogP) is 6.89. The minimum atomic E-state index is 0.389. The van der Waals surface area contributed by atoms with Crippen LogP contribution < -0.4 is 10.2 Å². The molecule has 0 atom stereocenters. The van der Waals surface area contributed by atoms with Gasteiger partial charge < -0.3 is 4.74 Å². The average molecular weight is 495 g/mol. The van der Waals surface area contributed by atoms with E-state index in [0.29, 0.717) is 11.6 Å². The second-order valence-corrected chi connectivity index (χ2v) is 7.55. The van der Waals surface area contributed by atoms with Crippen LogP contribution >= 0.6 is 43.5 Å². The van der Waals surface area contributed by atoms with Crippen molar-refractivity contribution in [1.82, 2.24) is 0 Å². The van der Waals surface area contributed by atoms with Crippen LogP contribution in [-0.2, 0) is 6.61 Å². The summed E-state index contributed by atoms with van der Waals surface area (Å²) in [5, 5.41) is 4.94. The number of para-hydroxylation sites is 1. The minimum Gasteiger partial charge on any atom is -0.486 e. The predicted molar refractivity (Wildman–Crippen MR) is 115 cm³/mol. The van der Waals surface area contributed by atoms with Gasteiger partial charge in [0.25, 0.3) is 0 Å². The maximum Gasteiger partial charge on any atom is 0.148 e. The molecule has 0 aliphatic rings. The van der Waals surface area contributed by atoms with Gasteiger partial charge in [-0.15, -0.1) is 0 Å². The fraction of sp³-hybridized carbons (Fsp3) is 0.0500. The van der Waals surface area contributed by atoms with Gasteiger partial charge in [0.15, 0.2) is 0 Å². The van der Waals surface area contributed by atoms with Crippen molar-refractivity contribution in [2.75, 3.05) is 5.43 Å². The minimum absolute atomic E-state index is 0.389. The lowest BCUT2D eigenvalue weighted by atomic mass is 10.2. The highest BCUT2D eigenvalue weighted by molar-refractivity contribution is 9.11. The molecule has 0 heterocycles. The number of anilines is 1. The summed E-state index contributed by atoms with van der Waals surface area (Å²) < 4.78 is 7.59. The fourth-order valence-corrected chi connectivity index (χ4v) is 3.89. The van der Waals surface area contributed by atoms with Crippen LogP contribution in [-0.4, -0.2) is 6.21 Å². The molecule has 0 saturated heterocycles. The van der Waals surface area contributed by atoms with Gasteiger partial charge in [0, 0.05) is 10.6 Å². The molecular weight excluding hydrogens is 479 g/mol. The molecule has 0 aliphatic carbocycles. The third-order valence-corrected chi connectivity index (χ3v) is 5.08. The average Bonchev–Trinajstić information content (AvgIpc) is 2.63. The molecule has 0 radical (unpaired) electrons. The largest absolute Gasteiger partial charge is 0.486 e. The molecule has 26 heavy (non-hydrogen) atoms. The van der Waals surface area contributed by atoms with Crippen molar-refractivity contribution in [1.29, 1.82) is 0 Å². The number of hydrogen-bond acceptors (Lipinski definition) is 3. The van der Waals surface area contributed by atoms with Gasteiger partial charge in [-0.3, -0.25) is 5.43 Å². The van der Waals surface area contributed by atoms with Crippen LogP contribution in [0, 0.1) is 0 Å². The smallest absolute Gasteiger partial charge is 0.148 e. The van der Waals surface area contributed by atoms with Gasteiger partial charge in [-0.25, -0.2) is 0 Å². The zero-order valence-electron chi connectivity index (χ0n) is 13.6. The third kappa shape index (κ3) is 5.10. The van der Waals surface area contributed by atoms with Crippen LogP contribution in [0.25, 0.3) is 0 Å². The molecule has 0 aromatic heterocycles. The zero-order valence-corrected chi connectivity index (χ0v) is 17.6. The van der Waals surface area contributed by atoms with E-state index in [4.69, 9.17) is 16.3 Å². The number of rotatable bonds is 6. The first kappa shape index (κ1) is 19.0. The Bertz CT molecular complexity index is 894. The molecule has 3 aromatic rings. The number of benzene rings is 3. The van der Waals surface area contributed by atoms with Crippen LogP contribution in [0.1, 0.15) is 11.1 Å². The third-order valence-electron chi connectivity index (χ3n) is 3.53. The van der Waals surface area contributed by atoms with Crippen molar-refractivity contribution < 1.29 is 4.74 Å². The van der Waals surface area contributed by atoms with E-state index in [1.165, 1.54) is 0 Å². The lowest BCUT2D eigenvalue weighted by molar-refractivity contribution is 0.302. The van der Waals surface area contributed by atoms with Crippen molar-refractivity contribution in [2.24, 2.45) is 5.10 Å². The van der Waals surface area contributed by atoms with E-state index >= 15 is 0 Å². The van der Waals surface area contributed by atoms with E-state index < -0.39 is 0 Å². The maximum absolute atomic E-state index is 6.18. The van der Waals surface area contributed by atoms with Gasteiger partial charge in [-0.05, 0) is 67.8 Å². The number of halogens is 3. The molecule has 0 aliphatic heterocycles. The Labute approximate surface area is 174 Å². The zero-order chi connectivity index (χ0) is 18.4. The Kier molecular flexibility index (Phi) is 6.72. The van der Waals surface area contributed by atoms with Gasteiger partial charge in [-0.2, -0.15) is 5.10 Å². The number of nitrogens with zero attached hydrogens (tertiary/aromatic N) is 1. The Hall–Kier alpha value is -1.82. The molecule has 0 saturated carbocycles. The van der Waals surface area contributed by atoms with Crippen LogP contribution in [0.5, 0.6) is 5.75 Å². The molecule has 0 spiro atoms. The maximum atomic E-state index is 6.18. The highest BCUT2D eigenvalue weighted by atomic mass is 79.9. The number of ether oxygens (including phenoxy) is 1. The Morgan fingerprint density at radius 3 is 2.31 bits per heavy atom. The van der Waals surface area contributed by atoms with E-state index in [1.807, 2.05) is 66.7 Å². The van der Waals surface area contributed by atoms with E-state index in [2.05, 4.69) is 42.4 Å². The van der Waals surface area contributed by atoms with Crippen molar-refractivity contribution in [3.8, 4) is 5.75 Å². The van der Waals surface area contributed by atoms with E-state index in [9.17, 15) is 0 Å². The quantitative estimate of drug-likeness (QED) is 0.299. The first-order valence-electron chi connectivity index (χ1n) is 7.83. The normalized spacial score (nSPS) is 10.9. The van der Waals surface area contributed by atoms with Crippen LogP contribution in [0.3, 0.4) is 0 Å². The summed E-state index contributed by atoms with van der Waals surface area (Å²) in [7, 11) is 0. The van der Waals surface area contributed by atoms with Crippen LogP contribution in [0.15, 0.2) is 80.8 Å². The van der Waals surface area contributed by atoms with E-state index in [0.717, 1.165) is 31.5 Å². The molecule has 132 valence electrons. The van der Waals surface area contributed by atoms with Gasteiger partial charge in [-0.1, -0.05) is 48.0 Å². The molecule has 0 amide bonds. The van der Waals surface area contributed by atoms with Gasteiger partial charge in [0.05, 0.1) is 20.8 Å². The standard InChI is InChI=1S/C20H15Br2ClN2O/c21-17-10-14(12-24-25-16-7-2-1-3-8-16)11-18(22)20(17)26-13-15-6-4-5-9-19(15)23/h1-12,25H,13H2/b24-12-. The van der Waals surface area contributed by atoms with E-state index in [1.54, 1.807) is 6.21 Å². The summed E-state index contributed by atoms with van der Waals surface area (Å²) in [6, 6.07) is 21.3. The summed E-state index contributed by atoms with van der Waals surface area (Å²) >= 11 is 13.3. The lowest BCUT2D eigenvalue weighted by Crippen LogP contribution is -1.98. The SMILES string of the molecule is Clc1ccccc1COc1c(Br)cc(/C=N\Nc2ccccc2)cc1Br. The van der Waals surface area contributed by atoms with E-state index in [-0.39, 0.29) is 0 Å². The highest BCUT2D eigenvalue weighted by Gasteiger charge is 2.10. The molecular formula is C20H15Br2ClN2O. The van der Waals surface area contributed by atoms with Crippen molar-refractivity contribution >= 4 is 55.4 Å². The molecule has 0 fully saturated rings. The lowest BCUT2D eigenvalue weighted by Gasteiger charge is -2.12. The number of nitrogens with one attached hydrogen (secondary N) is 1. The Balaban J connectivity index is 1.69. The summed E-state index contributed by atoms with van der Waals surface area (Å²) in [5.74, 6) is 0.720. The monoisotopic (exact) mass is 492 g/mol. The highest BCUT2D eigenvalue weighted by Crippen LogP contribution is 2.35. The van der Waals surface area contributed by atoms with Gasteiger partial charge in [0.1, 0.15) is 12.4 Å². The van der Waals surface area contributed by atoms with Crippen molar-refractivity contribution in [3.63, 3.8) is 0 Å². The summed E-state index contributed by atoms with van der Waals surface area (Å²) in [6.07, 6.45) is 1.75. The summed E-state index contributed by atoms with van der Waals surface area (Å²) in [6.45, 7) is 0.389. The summed E-state index contributed by atoms with van der Waals surface area (Å²) in [4.78, 5) is 0. The Morgan fingerprint density at radius 1 is 0.962 bits per heavy atom. The Morgan fingerprint density at radius 2 is 1.62 bits per heavy atom. The molecule has 1 N–H and O–H groups in total. The molecule has 3 nitrogen and oxygen atoms in total. The molecule has 6 heteroatoms. The second kappa shape index (κ2) is 9.21. The fourth-order valence-electron chi connectivity index (χ4n) is 2.25. The first-order chi connectivity index (χ1) is 12.6. The van der Waals surface area contributed by atoms with Gasteiger partial charge in [0.2, 0.25) is 0 Å². The topological polar surface area (TPSA) is 33.6 Å².